The second-order valence-corrected chi connectivity index (χ2v) is 16.5. The van der Waals surface area contributed by atoms with Crippen molar-refractivity contribution in [2.75, 3.05) is 43.6 Å². The topological polar surface area (TPSA) is 201 Å². The number of nitrogens with two attached hydrogens (primary N) is 1. The summed E-state index contributed by atoms with van der Waals surface area (Å²) in [6.45, 7) is 3.28. The molecule has 16 nitrogen and oxygen atoms in total. The maximum atomic E-state index is 14.7. The first-order valence-corrected chi connectivity index (χ1v) is 20.6. The Morgan fingerprint density at radius 3 is 2.22 bits per heavy atom. The number of pyridine rings is 2. The summed E-state index contributed by atoms with van der Waals surface area (Å²) < 4.78 is 98.0. The molecule has 7 heterocycles. The van der Waals surface area contributed by atoms with Gasteiger partial charge in [-0.25, -0.2) is 9.50 Å². The van der Waals surface area contributed by atoms with E-state index in [1.807, 2.05) is 19.0 Å². The third-order valence-electron chi connectivity index (χ3n) is 11.8. The fourth-order valence-electron chi connectivity index (χ4n) is 8.55. The number of halogens is 6. The molecule has 342 valence electrons. The number of nitrogens with zero attached hydrogens (tertiary/aromatic N) is 8. The molecule has 5 atom stereocenters. The smallest absolute Gasteiger partial charge is 0.433 e. The lowest BCUT2D eigenvalue weighted by atomic mass is 9.80. The average Bonchev–Trinajstić information content (AvgIpc) is 3.57. The summed E-state index contributed by atoms with van der Waals surface area (Å²) in [6.07, 6.45) is 1.63. The van der Waals surface area contributed by atoms with Gasteiger partial charge in [0.15, 0.2) is 11.5 Å². The number of aromatic nitrogens is 5. The molecule has 0 spiro atoms. The molecule has 3 aliphatic heterocycles. The summed E-state index contributed by atoms with van der Waals surface area (Å²) in [5.41, 5.74) is 2.49. The molecule has 0 radical (unpaired) electrons. The normalized spacial score (nSPS) is 23.5. The molecule has 2 amide bonds. The van der Waals surface area contributed by atoms with E-state index in [1.165, 1.54) is 44.7 Å². The van der Waals surface area contributed by atoms with Crippen LogP contribution >= 0.6 is 0 Å². The predicted molar refractivity (Wildman–Crippen MR) is 224 cm³/mol. The van der Waals surface area contributed by atoms with Crippen LogP contribution in [0.3, 0.4) is 0 Å². The number of aliphatic imine (C=N–C) groups is 1. The van der Waals surface area contributed by atoms with E-state index >= 15 is 0 Å². The Kier molecular flexibility index (Phi) is 13.3. The van der Waals surface area contributed by atoms with Crippen molar-refractivity contribution in [2.24, 2.45) is 16.8 Å². The van der Waals surface area contributed by atoms with Crippen LogP contribution in [0.4, 0.5) is 43.5 Å². The highest BCUT2D eigenvalue weighted by molar-refractivity contribution is 6.23. The van der Waals surface area contributed by atoms with Crippen LogP contribution < -0.4 is 25.8 Å². The molecule has 22 heteroatoms. The minimum absolute atomic E-state index is 0.0603. The number of anilines is 3. The highest BCUT2D eigenvalue weighted by Gasteiger charge is 2.44. The first-order valence-electron chi connectivity index (χ1n) is 20.6. The van der Waals surface area contributed by atoms with E-state index in [0.717, 1.165) is 42.5 Å². The highest BCUT2D eigenvalue weighted by Crippen LogP contribution is 2.39. The molecule has 4 aromatic heterocycles. The number of allylic oxidation sites excluding steroid dienone is 1. The Balaban J connectivity index is 1.04. The number of nitrogen functional groups attached to an aromatic ring is 1. The fourth-order valence-corrected chi connectivity index (χ4v) is 8.55. The van der Waals surface area contributed by atoms with E-state index in [2.05, 4.69) is 40.6 Å². The molecule has 5 unspecified atom stereocenters. The zero-order valence-corrected chi connectivity index (χ0v) is 35.4. The van der Waals surface area contributed by atoms with Crippen LogP contribution in [0.1, 0.15) is 68.4 Å². The van der Waals surface area contributed by atoms with Gasteiger partial charge in [0, 0.05) is 66.7 Å². The Morgan fingerprint density at radius 2 is 1.62 bits per heavy atom. The SMILES string of the molecule is CC(=N)C(C(=O)Nc1cnccc1OC1CCC(N(C)C)CC1)C(C)=N/C(=C\C1CC2CCN1CC2Oc1ccncc1NC(=O)c1c(N)nn2ccc(C(F)(F)F)nc12)C(F)(F)F. The van der Waals surface area contributed by atoms with Crippen LogP contribution in [-0.2, 0) is 11.0 Å². The van der Waals surface area contributed by atoms with Crippen LogP contribution in [0, 0.1) is 17.2 Å². The first-order chi connectivity index (χ1) is 30.3. The Labute approximate surface area is 363 Å². The Hall–Kier alpha value is -6.16. The third-order valence-corrected chi connectivity index (χ3v) is 11.8. The monoisotopic (exact) mass is 898 g/mol. The quantitative estimate of drug-likeness (QED) is 0.0826. The van der Waals surface area contributed by atoms with E-state index in [-0.39, 0.29) is 59.4 Å². The summed E-state index contributed by atoms with van der Waals surface area (Å²) in [7, 11) is 4.08. The summed E-state index contributed by atoms with van der Waals surface area (Å²) >= 11 is 0. The molecule has 64 heavy (non-hydrogen) atoms. The number of hydrogen-bond donors (Lipinski definition) is 4. The predicted octanol–water partition coefficient (Wildman–Crippen LogP) is 6.67. The second kappa shape index (κ2) is 18.5. The Morgan fingerprint density at radius 1 is 0.969 bits per heavy atom. The summed E-state index contributed by atoms with van der Waals surface area (Å²) in [4.78, 5) is 46.8. The van der Waals surface area contributed by atoms with E-state index < -0.39 is 64.8 Å². The largest absolute Gasteiger partial charge is 0.488 e. The van der Waals surface area contributed by atoms with Gasteiger partial charge in [-0.3, -0.25) is 29.4 Å². The van der Waals surface area contributed by atoms with Crippen LogP contribution in [-0.4, -0.2) is 115 Å². The van der Waals surface area contributed by atoms with Gasteiger partial charge in [-0.15, -0.1) is 5.10 Å². The number of hydrogen-bond acceptors (Lipinski definition) is 13. The third kappa shape index (κ3) is 10.3. The van der Waals surface area contributed by atoms with E-state index in [1.54, 1.807) is 6.07 Å². The minimum atomic E-state index is -4.90. The standard InChI is InChI=1S/C42H48F6N12O4/c1-22(49)35(39(61)54-28-19-51-13-9-30(28)63-27-7-5-25(6-8-27)58(3)4)23(2)53-34(42(46,47)48)18-26-17-24-11-15-59(26)21-32(24)64-31-10-14-52-20-29(31)55-40(62)36-37(50)57-60-16-12-33(41(43,44)45)56-38(36)60/h9-10,12-14,16,18-20,24-27,32,35,49H,5-8,11,15,17,21H2,1-4H3,(H2,50,57)(H,54,61)(H,55,62)/b34-18-,49-22?,53-23?. The van der Waals surface area contributed by atoms with Gasteiger partial charge in [0.2, 0.25) is 5.91 Å². The number of amides is 2. The lowest BCUT2D eigenvalue weighted by molar-refractivity contribution is -0.141. The number of ether oxygens (including phenoxy) is 2. The van der Waals surface area contributed by atoms with E-state index in [9.17, 15) is 35.9 Å². The number of carbonyl (C=O) groups excluding carboxylic acids is 2. The van der Waals surface area contributed by atoms with E-state index in [4.69, 9.17) is 20.6 Å². The Bertz CT molecular complexity index is 2450. The minimum Gasteiger partial charge on any atom is -0.488 e. The van der Waals surface area contributed by atoms with Crippen molar-refractivity contribution in [3.8, 4) is 11.5 Å². The van der Waals surface area contributed by atoms with Gasteiger partial charge in [-0.2, -0.15) is 26.3 Å². The maximum Gasteiger partial charge on any atom is 0.433 e. The van der Waals surface area contributed by atoms with Crippen LogP contribution in [0.15, 0.2) is 65.9 Å². The molecule has 2 bridgehead atoms. The summed E-state index contributed by atoms with van der Waals surface area (Å²) in [5, 5.41) is 17.6. The molecular weight excluding hydrogens is 851 g/mol. The number of carbonyl (C=O) groups is 2. The van der Waals surface area contributed by atoms with Gasteiger partial charge in [0.1, 0.15) is 51.9 Å². The number of piperidine rings is 3. The zero-order chi connectivity index (χ0) is 46.1. The van der Waals surface area contributed by atoms with Crippen molar-refractivity contribution < 1.29 is 45.4 Å². The molecule has 0 aromatic carbocycles. The molecule has 5 N–H and O–H groups in total. The number of alkyl halides is 6. The van der Waals surface area contributed by atoms with Gasteiger partial charge in [-0.1, -0.05) is 0 Å². The van der Waals surface area contributed by atoms with Crippen molar-refractivity contribution in [1.29, 1.82) is 5.41 Å². The van der Waals surface area contributed by atoms with Gasteiger partial charge >= 0.3 is 12.4 Å². The summed E-state index contributed by atoms with van der Waals surface area (Å²) in [6, 6.07) is 3.53. The van der Waals surface area contributed by atoms with Crippen molar-refractivity contribution in [2.45, 2.75) is 89.0 Å². The number of rotatable bonds is 13. The molecule has 8 rings (SSSR count). The lowest BCUT2D eigenvalue weighted by Crippen LogP contribution is -2.57. The highest BCUT2D eigenvalue weighted by atomic mass is 19.4. The van der Waals surface area contributed by atoms with Gasteiger partial charge in [0.05, 0.1) is 18.5 Å². The molecule has 4 aromatic rings. The molecular formula is C42H48F6N12O4. The van der Waals surface area contributed by atoms with Crippen molar-refractivity contribution in [3.63, 3.8) is 0 Å². The van der Waals surface area contributed by atoms with Crippen LogP contribution in [0.2, 0.25) is 0 Å². The van der Waals surface area contributed by atoms with Crippen molar-refractivity contribution >= 4 is 46.1 Å². The van der Waals surface area contributed by atoms with Crippen LogP contribution in [0.25, 0.3) is 5.65 Å². The lowest BCUT2D eigenvalue weighted by Gasteiger charge is -2.48. The van der Waals surface area contributed by atoms with Gasteiger partial charge < -0.3 is 36.2 Å². The first kappa shape index (κ1) is 45.9. The fraction of sp³-hybridized carbons (Fsp3) is 0.476. The van der Waals surface area contributed by atoms with E-state index in [0.29, 0.717) is 30.8 Å². The zero-order valence-electron chi connectivity index (χ0n) is 35.4. The van der Waals surface area contributed by atoms with Crippen molar-refractivity contribution in [1.82, 2.24) is 34.4 Å². The average molecular weight is 899 g/mol. The van der Waals surface area contributed by atoms with Gasteiger partial charge in [-0.05, 0) is 85.2 Å². The van der Waals surface area contributed by atoms with Crippen LogP contribution in [0.5, 0.6) is 11.5 Å². The molecule has 4 fully saturated rings. The molecule has 3 saturated heterocycles. The number of nitrogens with one attached hydrogen (secondary N) is 3. The summed E-state index contributed by atoms with van der Waals surface area (Å²) in [5.74, 6) is -3.18. The molecule has 1 saturated carbocycles. The molecule has 1 aliphatic carbocycles. The van der Waals surface area contributed by atoms with Crippen molar-refractivity contribution in [3.05, 3.63) is 72.2 Å². The van der Waals surface area contributed by atoms with Gasteiger partial charge in [0.25, 0.3) is 5.91 Å². The molecule has 4 aliphatic rings. The maximum absolute atomic E-state index is 14.7. The number of fused-ring (bicyclic) bond motifs is 4. The second-order valence-electron chi connectivity index (χ2n) is 16.5.